The SMILES string of the molecule is CN=C(NCCNC(=O)C(C)C)NCCc1cc(C)cc(C)c1.I. The first kappa shape index (κ1) is 22.7. The van der Waals surface area contributed by atoms with Gasteiger partial charge in [0.2, 0.25) is 5.91 Å². The number of hydrogen-bond donors (Lipinski definition) is 3. The van der Waals surface area contributed by atoms with E-state index >= 15 is 0 Å². The Morgan fingerprint density at radius 1 is 1.00 bits per heavy atom. The lowest BCUT2D eigenvalue weighted by atomic mass is 10.1. The molecule has 24 heavy (non-hydrogen) atoms. The van der Waals surface area contributed by atoms with E-state index in [0.717, 1.165) is 18.9 Å². The largest absolute Gasteiger partial charge is 0.356 e. The summed E-state index contributed by atoms with van der Waals surface area (Å²) in [6, 6.07) is 6.61. The van der Waals surface area contributed by atoms with Crippen molar-refractivity contribution < 1.29 is 4.79 Å². The number of aliphatic imine (C=N–C) groups is 1. The summed E-state index contributed by atoms with van der Waals surface area (Å²) >= 11 is 0. The molecule has 0 bridgehead atoms. The van der Waals surface area contributed by atoms with E-state index in [2.05, 4.69) is 53.0 Å². The molecule has 5 nitrogen and oxygen atoms in total. The molecule has 136 valence electrons. The van der Waals surface area contributed by atoms with Gasteiger partial charge >= 0.3 is 0 Å². The van der Waals surface area contributed by atoms with Crippen LogP contribution in [0.25, 0.3) is 0 Å². The van der Waals surface area contributed by atoms with Gasteiger partial charge in [0.25, 0.3) is 0 Å². The van der Waals surface area contributed by atoms with E-state index in [1.54, 1.807) is 7.05 Å². The quantitative estimate of drug-likeness (QED) is 0.261. The number of nitrogens with zero attached hydrogens (tertiary/aromatic N) is 1. The Labute approximate surface area is 163 Å². The molecule has 0 aliphatic heterocycles. The fourth-order valence-corrected chi connectivity index (χ4v) is 2.33. The van der Waals surface area contributed by atoms with Crippen molar-refractivity contribution in [3.05, 3.63) is 34.9 Å². The maximum absolute atomic E-state index is 11.5. The summed E-state index contributed by atoms with van der Waals surface area (Å²) in [5.74, 6) is 0.850. The molecular weight excluding hydrogens is 415 g/mol. The molecule has 1 rings (SSSR count). The summed E-state index contributed by atoms with van der Waals surface area (Å²) in [4.78, 5) is 15.6. The summed E-state index contributed by atoms with van der Waals surface area (Å²) < 4.78 is 0. The molecule has 1 aromatic carbocycles. The molecule has 6 heteroatoms. The normalized spacial score (nSPS) is 11.0. The van der Waals surface area contributed by atoms with Crippen LogP contribution in [0.2, 0.25) is 0 Å². The van der Waals surface area contributed by atoms with Gasteiger partial charge in [-0.1, -0.05) is 43.2 Å². The van der Waals surface area contributed by atoms with Gasteiger partial charge in [0.15, 0.2) is 5.96 Å². The van der Waals surface area contributed by atoms with Gasteiger partial charge in [-0.05, 0) is 25.8 Å². The number of guanidine groups is 1. The van der Waals surface area contributed by atoms with E-state index < -0.39 is 0 Å². The zero-order valence-corrected chi connectivity index (χ0v) is 17.7. The second kappa shape index (κ2) is 12.1. The molecule has 0 saturated heterocycles. The van der Waals surface area contributed by atoms with Crippen LogP contribution in [0.3, 0.4) is 0 Å². The van der Waals surface area contributed by atoms with Crippen LogP contribution in [0.1, 0.15) is 30.5 Å². The Morgan fingerprint density at radius 3 is 2.08 bits per heavy atom. The fourth-order valence-electron chi connectivity index (χ4n) is 2.33. The molecule has 0 aliphatic rings. The number of carbonyl (C=O) groups excluding carboxylic acids is 1. The molecule has 0 radical (unpaired) electrons. The zero-order chi connectivity index (χ0) is 17.2. The molecule has 0 saturated carbocycles. The van der Waals surface area contributed by atoms with Crippen LogP contribution in [0.15, 0.2) is 23.2 Å². The number of rotatable bonds is 7. The summed E-state index contributed by atoms with van der Waals surface area (Å²) in [5, 5.41) is 9.36. The lowest BCUT2D eigenvalue weighted by Gasteiger charge is -2.13. The van der Waals surface area contributed by atoms with Gasteiger partial charge in [-0.25, -0.2) is 0 Å². The predicted octanol–water partition coefficient (Wildman–Crippen LogP) is 2.40. The molecule has 0 atom stereocenters. The number of amides is 1. The Hall–Kier alpha value is -1.31. The lowest BCUT2D eigenvalue weighted by molar-refractivity contribution is -0.123. The second-order valence-corrected chi connectivity index (χ2v) is 6.12. The monoisotopic (exact) mass is 446 g/mol. The number of carbonyl (C=O) groups is 1. The maximum atomic E-state index is 11.5. The summed E-state index contributed by atoms with van der Waals surface area (Å²) in [6.07, 6.45) is 0.952. The van der Waals surface area contributed by atoms with Gasteiger partial charge in [0, 0.05) is 32.6 Å². The smallest absolute Gasteiger partial charge is 0.222 e. The van der Waals surface area contributed by atoms with Gasteiger partial charge in [0.1, 0.15) is 0 Å². The minimum absolute atomic E-state index is 0. The van der Waals surface area contributed by atoms with Crippen LogP contribution in [-0.2, 0) is 11.2 Å². The third kappa shape index (κ3) is 9.10. The van der Waals surface area contributed by atoms with Gasteiger partial charge in [-0.2, -0.15) is 0 Å². The molecule has 0 spiro atoms. The highest BCUT2D eigenvalue weighted by atomic mass is 127. The Kier molecular flexibility index (Phi) is 11.4. The number of hydrogen-bond acceptors (Lipinski definition) is 2. The molecule has 0 aromatic heterocycles. The Balaban J connectivity index is 0.00000529. The van der Waals surface area contributed by atoms with E-state index in [-0.39, 0.29) is 35.8 Å². The minimum Gasteiger partial charge on any atom is -0.356 e. The summed E-state index contributed by atoms with van der Waals surface area (Å²) in [5.41, 5.74) is 3.92. The van der Waals surface area contributed by atoms with Crippen molar-refractivity contribution in [1.29, 1.82) is 0 Å². The standard InChI is InChI=1S/C18H30N4O.HI/c1-13(2)17(23)20-8-9-22-18(19-5)21-7-6-16-11-14(3)10-15(4)12-16;/h10-13H,6-9H2,1-5H3,(H,20,23)(H2,19,21,22);1H. The van der Waals surface area contributed by atoms with Crippen LogP contribution >= 0.6 is 24.0 Å². The van der Waals surface area contributed by atoms with E-state index in [4.69, 9.17) is 0 Å². The first-order valence-corrected chi connectivity index (χ1v) is 8.21. The maximum Gasteiger partial charge on any atom is 0.222 e. The highest BCUT2D eigenvalue weighted by molar-refractivity contribution is 14.0. The van der Waals surface area contributed by atoms with Crippen molar-refractivity contribution >= 4 is 35.8 Å². The molecule has 0 aliphatic carbocycles. The summed E-state index contributed by atoms with van der Waals surface area (Å²) in [7, 11) is 1.75. The lowest BCUT2D eigenvalue weighted by Crippen LogP contribution is -2.42. The number of aryl methyl sites for hydroxylation is 2. The molecule has 3 N–H and O–H groups in total. The second-order valence-electron chi connectivity index (χ2n) is 6.12. The third-order valence-electron chi connectivity index (χ3n) is 3.45. The van der Waals surface area contributed by atoms with E-state index in [9.17, 15) is 4.79 Å². The molecule has 0 fully saturated rings. The Bertz CT molecular complexity index is 524. The average Bonchev–Trinajstić information content (AvgIpc) is 2.48. The van der Waals surface area contributed by atoms with Crippen molar-refractivity contribution in [2.45, 2.75) is 34.1 Å². The molecule has 1 aromatic rings. The van der Waals surface area contributed by atoms with Crippen LogP contribution in [0.4, 0.5) is 0 Å². The van der Waals surface area contributed by atoms with Crippen molar-refractivity contribution in [3.8, 4) is 0 Å². The van der Waals surface area contributed by atoms with E-state index in [0.29, 0.717) is 13.1 Å². The molecule has 1 amide bonds. The Morgan fingerprint density at radius 2 is 1.54 bits per heavy atom. The van der Waals surface area contributed by atoms with Gasteiger partial charge in [-0.3, -0.25) is 9.79 Å². The number of halogens is 1. The van der Waals surface area contributed by atoms with Crippen molar-refractivity contribution in [1.82, 2.24) is 16.0 Å². The van der Waals surface area contributed by atoms with Crippen molar-refractivity contribution in [2.75, 3.05) is 26.7 Å². The molecular formula is C18H31IN4O. The fraction of sp³-hybridized carbons (Fsp3) is 0.556. The first-order valence-electron chi connectivity index (χ1n) is 8.21. The zero-order valence-electron chi connectivity index (χ0n) is 15.4. The van der Waals surface area contributed by atoms with Gasteiger partial charge < -0.3 is 16.0 Å². The van der Waals surface area contributed by atoms with Crippen LogP contribution in [0, 0.1) is 19.8 Å². The van der Waals surface area contributed by atoms with Crippen LogP contribution in [0.5, 0.6) is 0 Å². The highest BCUT2D eigenvalue weighted by Gasteiger charge is 2.05. The summed E-state index contributed by atoms with van der Waals surface area (Å²) in [6.45, 7) is 10.1. The average molecular weight is 446 g/mol. The van der Waals surface area contributed by atoms with E-state index in [1.807, 2.05) is 13.8 Å². The predicted molar refractivity (Wildman–Crippen MR) is 112 cm³/mol. The van der Waals surface area contributed by atoms with Crippen molar-refractivity contribution in [2.24, 2.45) is 10.9 Å². The van der Waals surface area contributed by atoms with Crippen molar-refractivity contribution in [3.63, 3.8) is 0 Å². The number of benzene rings is 1. The highest BCUT2D eigenvalue weighted by Crippen LogP contribution is 2.08. The van der Waals surface area contributed by atoms with Gasteiger partial charge in [0.05, 0.1) is 0 Å². The van der Waals surface area contributed by atoms with E-state index in [1.165, 1.54) is 16.7 Å². The first-order chi connectivity index (χ1) is 10.9. The van der Waals surface area contributed by atoms with Gasteiger partial charge in [-0.15, -0.1) is 24.0 Å². The van der Waals surface area contributed by atoms with Crippen LogP contribution in [-0.4, -0.2) is 38.5 Å². The van der Waals surface area contributed by atoms with Crippen LogP contribution < -0.4 is 16.0 Å². The molecule has 0 unspecified atom stereocenters. The third-order valence-corrected chi connectivity index (χ3v) is 3.45. The molecule has 0 heterocycles. The minimum atomic E-state index is 0. The number of nitrogens with one attached hydrogen (secondary N) is 3. The topological polar surface area (TPSA) is 65.5 Å².